The normalized spacial score (nSPS) is 12.1. The second-order valence-electron chi connectivity index (χ2n) is 13.0. The summed E-state index contributed by atoms with van der Waals surface area (Å²) in [6, 6.07) is 61.4. The molecule has 3 heteroatoms. The third-order valence-corrected chi connectivity index (χ3v) is 10.3. The number of benzene rings is 8. The van der Waals surface area contributed by atoms with Gasteiger partial charge in [0.25, 0.3) is 0 Å². The van der Waals surface area contributed by atoms with Crippen LogP contribution in [-0.2, 0) is 0 Å². The molecule has 0 spiro atoms. The van der Waals surface area contributed by atoms with Gasteiger partial charge in [-0.2, -0.15) is 0 Å². The zero-order valence-corrected chi connectivity index (χ0v) is 26.5. The maximum atomic E-state index is 6.25. The van der Waals surface area contributed by atoms with Crippen molar-refractivity contribution >= 4 is 76.3 Å². The van der Waals surface area contributed by atoms with Crippen LogP contribution >= 0.6 is 0 Å². The second kappa shape index (κ2) is 9.96. The van der Waals surface area contributed by atoms with E-state index in [4.69, 9.17) is 4.42 Å². The molecule has 3 heterocycles. The molecule has 8 aromatic carbocycles. The smallest absolute Gasteiger partial charge is 0.136 e. The van der Waals surface area contributed by atoms with Crippen molar-refractivity contribution in [2.24, 2.45) is 0 Å². The number of furan rings is 1. The molecule has 0 radical (unpaired) electrons. The van der Waals surface area contributed by atoms with Gasteiger partial charge in [0.2, 0.25) is 0 Å². The summed E-state index contributed by atoms with van der Waals surface area (Å²) < 4.78 is 11.0. The highest BCUT2D eigenvalue weighted by atomic mass is 16.3. The SMILES string of the molecule is c1ccc(-n2c3ccccc3c3cc(-c4ccc5c(c4)c4ccccc4n5-c4ccc5cc6c(cc5c4)oc4ccccc46)ccc32)cc1. The van der Waals surface area contributed by atoms with Crippen LogP contribution in [0.15, 0.2) is 174 Å². The van der Waals surface area contributed by atoms with Gasteiger partial charge in [-0.1, -0.05) is 91.0 Å². The summed E-state index contributed by atoms with van der Waals surface area (Å²) in [5, 5.41) is 9.68. The van der Waals surface area contributed by atoms with Gasteiger partial charge in [0.05, 0.1) is 22.1 Å². The van der Waals surface area contributed by atoms with Crippen molar-refractivity contribution in [2.45, 2.75) is 0 Å². The van der Waals surface area contributed by atoms with Crippen molar-refractivity contribution in [3.63, 3.8) is 0 Å². The predicted octanol–water partition coefficient (Wildman–Crippen LogP) is 12.6. The number of aromatic nitrogens is 2. The summed E-state index contributed by atoms with van der Waals surface area (Å²) in [4.78, 5) is 0. The van der Waals surface area contributed by atoms with E-state index in [0.717, 1.165) is 33.0 Å². The fraction of sp³-hybridized carbons (Fsp3) is 0. The van der Waals surface area contributed by atoms with E-state index in [1.54, 1.807) is 0 Å². The Labute approximate surface area is 281 Å². The van der Waals surface area contributed by atoms with Gasteiger partial charge in [0.15, 0.2) is 0 Å². The van der Waals surface area contributed by atoms with Gasteiger partial charge in [-0.3, -0.25) is 0 Å². The molecule has 0 aliphatic rings. The zero-order chi connectivity index (χ0) is 32.1. The van der Waals surface area contributed by atoms with Crippen LogP contribution in [0.5, 0.6) is 0 Å². The van der Waals surface area contributed by atoms with Crippen LogP contribution in [0, 0.1) is 0 Å². The van der Waals surface area contributed by atoms with Crippen molar-refractivity contribution in [3.8, 4) is 22.5 Å². The standard InChI is InChI=1S/C46H28N2O/c1-2-10-33(11-3-1)47-41-15-7-4-12-35(41)38-25-29(19-22-43(38)47)30-20-23-44-39(26-30)36-13-5-8-16-42(36)48(44)34-21-18-31-27-40-37-14-6-9-17-45(37)49-46(40)28-32(31)24-34/h1-28H. The number of hydrogen-bond donors (Lipinski definition) is 0. The lowest BCUT2D eigenvalue weighted by Gasteiger charge is -2.10. The largest absolute Gasteiger partial charge is 0.456 e. The first kappa shape index (κ1) is 26.5. The van der Waals surface area contributed by atoms with Gasteiger partial charge < -0.3 is 13.6 Å². The number of fused-ring (bicyclic) bond motifs is 10. The van der Waals surface area contributed by atoms with Gasteiger partial charge in [-0.25, -0.2) is 0 Å². The van der Waals surface area contributed by atoms with Crippen molar-refractivity contribution in [2.75, 3.05) is 0 Å². The molecule has 0 amide bonds. The molecule has 0 aliphatic carbocycles. The van der Waals surface area contributed by atoms with Gasteiger partial charge >= 0.3 is 0 Å². The second-order valence-corrected chi connectivity index (χ2v) is 13.0. The fourth-order valence-corrected chi connectivity index (χ4v) is 8.03. The van der Waals surface area contributed by atoms with Crippen LogP contribution in [0.25, 0.3) is 98.8 Å². The van der Waals surface area contributed by atoms with Gasteiger partial charge in [-0.05, 0) is 101 Å². The summed E-state index contributed by atoms with van der Waals surface area (Å²) in [7, 11) is 0. The molecule has 11 rings (SSSR count). The highest BCUT2D eigenvalue weighted by Gasteiger charge is 2.17. The topological polar surface area (TPSA) is 23.0 Å². The quantitative estimate of drug-likeness (QED) is 0.192. The number of rotatable bonds is 3. The predicted molar refractivity (Wildman–Crippen MR) is 205 cm³/mol. The summed E-state index contributed by atoms with van der Waals surface area (Å²) in [6.45, 7) is 0. The molecule has 3 aromatic heterocycles. The lowest BCUT2D eigenvalue weighted by Crippen LogP contribution is -1.94. The average molecular weight is 625 g/mol. The number of nitrogens with zero attached hydrogens (tertiary/aromatic N) is 2. The Morgan fingerprint density at radius 2 is 0.878 bits per heavy atom. The van der Waals surface area contributed by atoms with Crippen LogP contribution in [0.1, 0.15) is 0 Å². The van der Waals surface area contributed by atoms with E-state index in [9.17, 15) is 0 Å². The van der Waals surface area contributed by atoms with E-state index in [1.807, 2.05) is 12.1 Å². The molecule has 0 saturated heterocycles. The van der Waals surface area contributed by atoms with E-state index in [-0.39, 0.29) is 0 Å². The Hall–Kier alpha value is -6.58. The first-order valence-electron chi connectivity index (χ1n) is 16.8. The van der Waals surface area contributed by atoms with Gasteiger partial charge in [-0.15, -0.1) is 0 Å². The van der Waals surface area contributed by atoms with Crippen molar-refractivity contribution in [1.29, 1.82) is 0 Å². The number of hydrogen-bond acceptors (Lipinski definition) is 1. The summed E-state index contributed by atoms with van der Waals surface area (Å²) >= 11 is 0. The summed E-state index contributed by atoms with van der Waals surface area (Å²) in [5.41, 5.74) is 11.4. The Balaban J connectivity index is 1.09. The fourth-order valence-electron chi connectivity index (χ4n) is 8.03. The van der Waals surface area contributed by atoms with E-state index < -0.39 is 0 Å². The van der Waals surface area contributed by atoms with Crippen LogP contribution < -0.4 is 0 Å². The van der Waals surface area contributed by atoms with Crippen LogP contribution in [-0.4, -0.2) is 9.13 Å². The maximum Gasteiger partial charge on any atom is 0.136 e. The van der Waals surface area contributed by atoms with E-state index in [1.165, 1.54) is 65.8 Å². The Kier molecular flexibility index (Phi) is 5.38. The molecule has 228 valence electrons. The highest BCUT2D eigenvalue weighted by Crippen LogP contribution is 2.39. The Bertz CT molecular complexity index is 3100. The van der Waals surface area contributed by atoms with E-state index in [2.05, 4.69) is 167 Å². The minimum Gasteiger partial charge on any atom is -0.456 e. The van der Waals surface area contributed by atoms with Gasteiger partial charge in [0.1, 0.15) is 11.2 Å². The van der Waals surface area contributed by atoms with Crippen molar-refractivity contribution < 1.29 is 4.42 Å². The molecule has 0 unspecified atom stereocenters. The van der Waals surface area contributed by atoms with Crippen LogP contribution in [0.2, 0.25) is 0 Å². The van der Waals surface area contributed by atoms with Gasteiger partial charge in [0, 0.05) is 43.7 Å². The molecule has 0 bridgehead atoms. The molecular weight excluding hydrogens is 597 g/mol. The summed E-state index contributed by atoms with van der Waals surface area (Å²) in [5.74, 6) is 0. The molecule has 0 fully saturated rings. The Morgan fingerprint density at radius 1 is 0.306 bits per heavy atom. The third-order valence-electron chi connectivity index (χ3n) is 10.3. The number of para-hydroxylation sites is 4. The summed E-state index contributed by atoms with van der Waals surface area (Å²) in [6.07, 6.45) is 0. The van der Waals surface area contributed by atoms with E-state index >= 15 is 0 Å². The highest BCUT2D eigenvalue weighted by molar-refractivity contribution is 6.14. The molecule has 49 heavy (non-hydrogen) atoms. The Morgan fingerprint density at radius 3 is 1.57 bits per heavy atom. The lowest BCUT2D eigenvalue weighted by atomic mass is 10.0. The third kappa shape index (κ3) is 3.84. The minimum absolute atomic E-state index is 0.918. The van der Waals surface area contributed by atoms with Crippen LogP contribution in [0.4, 0.5) is 0 Å². The molecule has 0 atom stereocenters. The molecule has 0 saturated carbocycles. The zero-order valence-electron chi connectivity index (χ0n) is 26.5. The molecule has 11 aromatic rings. The first-order chi connectivity index (χ1) is 24.3. The molecule has 0 N–H and O–H groups in total. The average Bonchev–Trinajstić information content (AvgIpc) is 3.81. The monoisotopic (exact) mass is 624 g/mol. The van der Waals surface area contributed by atoms with Crippen molar-refractivity contribution in [1.82, 2.24) is 9.13 Å². The van der Waals surface area contributed by atoms with Crippen molar-refractivity contribution in [3.05, 3.63) is 170 Å². The molecule has 3 nitrogen and oxygen atoms in total. The maximum absolute atomic E-state index is 6.25. The first-order valence-corrected chi connectivity index (χ1v) is 16.8. The molecular formula is C46H28N2O. The minimum atomic E-state index is 0.918. The van der Waals surface area contributed by atoms with E-state index in [0.29, 0.717) is 0 Å². The lowest BCUT2D eigenvalue weighted by molar-refractivity contribution is 0.669. The molecule has 0 aliphatic heterocycles. The van der Waals surface area contributed by atoms with Crippen LogP contribution in [0.3, 0.4) is 0 Å².